The lowest BCUT2D eigenvalue weighted by atomic mass is 10.3. The molecular formula is C7H9NO3P-. The van der Waals surface area contributed by atoms with Gasteiger partial charge in [-0.1, -0.05) is 12.1 Å². The lowest BCUT2D eigenvalue weighted by Crippen LogP contribution is -2.16. The van der Waals surface area contributed by atoms with Gasteiger partial charge in [0, 0.05) is 18.1 Å². The van der Waals surface area contributed by atoms with Gasteiger partial charge in [-0.15, -0.1) is 0 Å². The fourth-order valence-corrected chi connectivity index (χ4v) is 1.59. The van der Waals surface area contributed by atoms with Gasteiger partial charge in [-0.3, -0.25) is 0 Å². The van der Waals surface area contributed by atoms with Crippen LogP contribution in [0.1, 0.15) is 0 Å². The van der Waals surface area contributed by atoms with Crippen LogP contribution in [0.25, 0.3) is 0 Å². The average Bonchev–Trinajstić information content (AvgIpc) is 2.05. The molecule has 0 saturated heterocycles. The smallest absolute Gasteiger partial charge is 0.164 e. The van der Waals surface area contributed by atoms with Gasteiger partial charge in [-0.2, -0.15) is 0 Å². The van der Waals surface area contributed by atoms with Gasteiger partial charge in [-0.25, -0.2) is 0 Å². The molecule has 0 aliphatic heterocycles. The first-order chi connectivity index (χ1) is 5.56. The zero-order valence-electron chi connectivity index (χ0n) is 6.56. The van der Waals surface area contributed by atoms with Gasteiger partial charge in [0.2, 0.25) is 0 Å². The van der Waals surface area contributed by atoms with Crippen molar-refractivity contribution in [2.75, 3.05) is 12.8 Å². The van der Waals surface area contributed by atoms with Crippen LogP contribution in [0.3, 0.4) is 0 Å². The Bertz CT molecular complexity index is 326. The number of hydrogen-bond donors (Lipinski definition) is 1. The van der Waals surface area contributed by atoms with E-state index in [1.165, 1.54) is 12.1 Å². The molecule has 0 spiro atoms. The third-order valence-corrected chi connectivity index (χ3v) is 2.82. The number of nitrogens with two attached hydrogens (primary N) is 1. The fourth-order valence-electron chi connectivity index (χ4n) is 0.801. The molecule has 1 atom stereocenters. The molecule has 0 fully saturated rings. The first-order valence-electron chi connectivity index (χ1n) is 3.29. The van der Waals surface area contributed by atoms with Crippen molar-refractivity contribution in [2.24, 2.45) is 0 Å². The number of rotatable bonds is 2. The molecule has 0 aliphatic rings. The van der Waals surface area contributed by atoms with Crippen molar-refractivity contribution in [1.82, 2.24) is 0 Å². The molecule has 0 amide bonds. The van der Waals surface area contributed by atoms with Crippen LogP contribution in [0.5, 0.6) is 0 Å². The van der Waals surface area contributed by atoms with E-state index >= 15 is 0 Å². The van der Waals surface area contributed by atoms with E-state index in [9.17, 15) is 9.46 Å². The minimum atomic E-state index is -3.88. The van der Waals surface area contributed by atoms with E-state index in [1.807, 2.05) is 0 Å². The van der Waals surface area contributed by atoms with Crippen LogP contribution in [-0.4, -0.2) is 7.11 Å². The molecule has 0 bridgehead atoms. The lowest BCUT2D eigenvalue weighted by molar-refractivity contribution is -0.191. The number of hydrogen-bond acceptors (Lipinski definition) is 4. The van der Waals surface area contributed by atoms with E-state index in [4.69, 9.17) is 5.73 Å². The van der Waals surface area contributed by atoms with Crippen molar-refractivity contribution in [2.45, 2.75) is 0 Å². The van der Waals surface area contributed by atoms with Crippen molar-refractivity contribution in [3.8, 4) is 0 Å². The van der Waals surface area contributed by atoms with E-state index in [0.717, 1.165) is 7.11 Å². The second-order valence-corrected chi connectivity index (χ2v) is 4.15. The van der Waals surface area contributed by atoms with Crippen molar-refractivity contribution < 1.29 is 14.0 Å². The van der Waals surface area contributed by atoms with E-state index in [1.54, 1.807) is 12.1 Å². The summed E-state index contributed by atoms with van der Waals surface area (Å²) in [4.78, 5) is 11.1. The second kappa shape index (κ2) is 3.27. The Morgan fingerprint density at radius 2 is 2.25 bits per heavy atom. The molecule has 2 N–H and O–H groups in total. The van der Waals surface area contributed by atoms with Crippen LogP contribution in [0.2, 0.25) is 0 Å². The topological polar surface area (TPSA) is 75.4 Å². The van der Waals surface area contributed by atoms with Crippen LogP contribution < -0.4 is 15.9 Å². The summed E-state index contributed by atoms with van der Waals surface area (Å²) in [5.74, 6) is 0. The Kier molecular flexibility index (Phi) is 2.52. The SMILES string of the molecule is COP(=O)([O-])c1cccc(N)c1. The Morgan fingerprint density at radius 1 is 1.58 bits per heavy atom. The highest BCUT2D eigenvalue weighted by atomic mass is 31.2. The summed E-state index contributed by atoms with van der Waals surface area (Å²) >= 11 is 0. The third kappa shape index (κ3) is 1.85. The van der Waals surface area contributed by atoms with Crippen LogP contribution in [0.15, 0.2) is 24.3 Å². The molecule has 66 valence electrons. The first kappa shape index (κ1) is 9.26. The Hall–Kier alpha value is -0.830. The summed E-state index contributed by atoms with van der Waals surface area (Å²) in [6.07, 6.45) is 0. The normalized spacial score (nSPS) is 15.5. The van der Waals surface area contributed by atoms with Gasteiger partial charge in [-0.05, 0) is 12.1 Å². The van der Waals surface area contributed by atoms with Gasteiger partial charge < -0.3 is 19.7 Å². The highest BCUT2D eigenvalue weighted by molar-refractivity contribution is 7.59. The quantitative estimate of drug-likeness (QED) is 0.524. The molecular weight excluding hydrogens is 177 g/mol. The zero-order valence-corrected chi connectivity index (χ0v) is 7.45. The molecule has 4 nitrogen and oxygen atoms in total. The monoisotopic (exact) mass is 186 g/mol. The van der Waals surface area contributed by atoms with E-state index in [2.05, 4.69) is 4.52 Å². The maximum Gasteiger partial charge on any atom is 0.164 e. The maximum absolute atomic E-state index is 11.1. The van der Waals surface area contributed by atoms with Crippen LogP contribution >= 0.6 is 7.60 Å². The largest absolute Gasteiger partial charge is 0.775 e. The van der Waals surface area contributed by atoms with Crippen molar-refractivity contribution in [3.63, 3.8) is 0 Å². The number of anilines is 1. The maximum atomic E-state index is 11.1. The highest BCUT2D eigenvalue weighted by Gasteiger charge is 2.08. The molecule has 0 aliphatic carbocycles. The van der Waals surface area contributed by atoms with Gasteiger partial charge in [0.05, 0.1) is 0 Å². The predicted octanol–water partition coefficient (Wildman–Crippen LogP) is 0.0939. The molecule has 1 aromatic carbocycles. The number of benzene rings is 1. The summed E-state index contributed by atoms with van der Waals surface area (Å²) in [7, 11) is -2.76. The molecule has 1 aromatic rings. The van der Waals surface area contributed by atoms with Crippen LogP contribution in [-0.2, 0) is 9.09 Å². The Balaban J connectivity index is 3.12. The average molecular weight is 186 g/mol. The minimum Gasteiger partial charge on any atom is -0.775 e. The molecule has 5 heteroatoms. The predicted molar refractivity (Wildman–Crippen MR) is 45.1 cm³/mol. The summed E-state index contributed by atoms with van der Waals surface area (Å²) in [5.41, 5.74) is 5.80. The first-order valence-corrected chi connectivity index (χ1v) is 4.83. The molecule has 12 heavy (non-hydrogen) atoms. The molecule has 0 aromatic heterocycles. The summed E-state index contributed by atoms with van der Waals surface area (Å²) in [5, 5.41) is 0.102. The van der Waals surface area contributed by atoms with E-state index in [0.29, 0.717) is 5.69 Å². The van der Waals surface area contributed by atoms with Crippen LogP contribution in [0, 0.1) is 0 Å². The summed E-state index contributed by atoms with van der Waals surface area (Å²) in [6, 6.07) is 5.97. The van der Waals surface area contributed by atoms with E-state index in [-0.39, 0.29) is 5.30 Å². The highest BCUT2D eigenvalue weighted by Crippen LogP contribution is 2.34. The number of nitrogen functional groups attached to an aromatic ring is 1. The standard InChI is InChI=1S/C7H10NO3P/c1-11-12(9,10)7-4-2-3-6(8)5-7/h2-5H,8H2,1H3,(H,9,10)/p-1. The van der Waals surface area contributed by atoms with Gasteiger partial charge in [0.25, 0.3) is 0 Å². The fraction of sp³-hybridized carbons (Fsp3) is 0.143. The lowest BCUT2D eigenvalue weighted by Gasteiger charge is -2.20. The summed E-state index contributed by atoms with van der Waals surface area (Å²) < 4.78 is 15.4. The molecule has 0 saturated carbocycles. The van der Waals surface area contributed by atoms with Crippen molar-refractivity contribution in [3.05, 3.63) is 24.3 Å². The van der Waals surface area contributed by atoms with E-state index < -0.39 is 7.60 Å². The molecule has 0 heterocycles. The minimum absolute atomic E-state index is 0.102. The second-order valence-electron chi connectivity index (χ2n) is 2.28. The third-order valence-electron chi connectivity index (χ3n) is 1.43. The molecule has 0 radical (unpaired) electrons. The van der Waals surface area contributed by atoms with Gasteiger partial charge in [0.1, 0.15) is 0 Å². The molecule has 1 unspecified atom stereocenters. The molecule has 1 rings (SSSR count). The zero-order chi connectivity index (χ0) is 9.19. The van der Waals surface area contributed by atoms with Crippen molar-refractivity contribution in [1.29, 1.82) is 0 Å². The van der Waals surface area contributed by atoms with Gasteiger partial charge in [0.15, 0.2) is 7.60 Å². The van der Waals surface area contributed by atoms with Gasteiger partial charge >= 0.3 is 0 Å². The van der Waals surface area contributed by atoms with Crippen molar-refractivity contribution >= 4 is 18.6 Å². The Morgan fingerprint density at radius 3 is 2.75 bits per heavy atom. The van der Waals surface area contributed by atoms with Crippen LogP contribution in [0.4, 0.5) is 5.69 Å². The summed E-state index contributed by atoms with van der Waals surface area (Å²) in [6.45, 7) is 0. The Labute approximate surface area is 70.5 Å².